The molecular formula is C13H19FN2O. The van der Waals surface area contributed by atoms with Crippen LogP contribution >= 0.6 is 0 Å². The molecule has 94 valence electrons. The highest BCUT2D eigenvalue weighted by molar-refractivity contribution is 5.27. The Labute approximate surface area is 101 Å². The molecule has 1 saturated heterocycles. The summed E-state index contributed by atoms with van der Waals surface area (Å²) in [6, 6.07) is 5.16. The highest BCUT2D eigenvalue weighted by Gasteiger charge is 2.32. The van der Waals surface area contributed by atoms with Crippen molar-refractivity contribution in [2.75, 3.05) is 6.61 Å². The predicted octanol–water partition coefficient (Wildman–Crippen LogP) is 2.06. The van der Waals surface area contributed by atoms with Gasteiger partial charge in [-0.2, -0.15) is 0 Å². The first-order valence-corrected chi connectivity index (χ1v) is 5.97. The topological polar surface area (TPSA) is 47.3 Å². The number of hydrogen-bond donors (Lipinski definition) is 2. The van der Waals surface area contributed by atoms with Crippen LogP contribution in [0.2, 0.25) is 0 Å². The van der Waals surface area contributed by atoms with Crippen molar-refractivity contribution in [3.8, 4) is 0 Å². The van der Waals surface area contributed by atoms with E-state index in [4.69, 9.17) is 10.6 Å². The third-order valence-corrected chi connectivity index (χ3v) is 3.58. The van der Waals surface area contributed by atoms with E-state index in [2.05, 4.69) is 12.3 Å². The molecule has 0 aromatic heterocycles. The molecule has 4 heteroatoms. The minimum atomic E-state index is -0.180. The maximum atomic E-state index is 13.2. The number of nitrogens with two attached hydrogens (primary N) is 1. The van der Waals surface area contributed by atoms with Crippen molar-refractivity contribution < 1.29 is 9.13 Å². The SMILES string of the molecule is Cc1cc(C(NN)C2CCOC2C)ccc1F. The van der Waals surface area contributed by atoms with Crippen LogP contribution in [-0.2, 0) is 4.74 Å². The second-order valence-corrected chi connectivity index (χ2v) is 4.68. The third kappa shape index (κ3) is 2.49. The van der Waals surface area contributed by atoms with Gasteiger partial charge in [0.1, 0.15) is 5.82 Å². The van der Waals surface area contributed by atoms with Gasteiger partial charge in [-0.1, -0.05) is 12.1 Å². The minimum absolute atomic E-state index is 0.0202. The zero-order valence-electron chi connectivity index (χ0n) is 10.2. The van der Waals surface area contributed by atoms with Crippen LogP contribution in [0.4, 0.5) is 4.39 Å². The Kier molecular flexibility index (Phi) is 3.76. The number of aryl methyl sites for hydroxylation is 1. The number of nitrogens with one attached hydrogen (secondary N) is 1. The molecule has 1 aromatic carbocycles. The molecule has 1 aromatic rings. The largest absolute Gasteiger partial charge is 0.378 e. The van der Waals surface area contributed by atoms with E-state index < -0.39 is 0 Å². The quantitative estimate of drug-likeness (QED) is 0.626. The molecule has 3 unspecified atom stereocenters. The highest BCUT2D eigenvalue weighted by atomic mass is 19.1. The minimum Gasteiger partial charge on any atom is -0.378 e. The average molecular weight is 238 g/mol. The van der Waals surface area contributed by atoms with Crippen molar-refractivity contribution >= 4 is 0 Å². The van der Waals surface area contributed by atoms with Gasteiger partial charge in [-0.3, -0.25) is 11.3 Å². The van der Waals surface area contributed by atoms with E-state index in [0.717, 1.165) is 18.6 Å². The van der Waals surface area contributed by atoms with Crippen LogP contribution in [0.1, 0.15) is 30.5 Å². The van der Waals surface area contributed by atoms with Crippen molar-refractivity contribution in [3.05, 3.63) is 35.1 Å². The molecular weight excluding hydrogens is 219 g/mol. The van der Waals surface area contributed by atoms with Crippen LogP contribution in [0.3, 0.4) is 0 Å². The molecule has 1 heterocycles. The maximum absolute atomic E-state index is 13.2. The second-order valence-electron chi connectivity index (χ2n) is 4.68. The van der Waals surface area contributed by atoms with Gasteiger partial charge in [-0.05, 0) is 37.5 Å². The summed E-state index contributed by atoms with van der Waals surface area (Å²) >= 11 is 0. The standard InChI is InChI=1S/C13H19FN2O/c1-8-7-10(3-4-12(8)14)13(16-15)11-5-6-17-9(11)2/h3-4,7,9,11,13,16H,5-6,15H2,1-2H3. The van der Waals surface area contributed by atoms with E-state index in [1.54, 1.807) is 13.0 Å². The van der Waals surface area contributed by atoms with E-state index in [9.17, 15) is 4.39 Å². The summed E-state index contributed by atoms with van der Waals surface area (Å²) in [6.07, 6.45) is 1.16. The molecule has 1 aliphatic heterocycles. The van der Waals surface area contributed by atoms with E-state index in [0.29, 0.717) is 11.5 Å². The van der Waals surface area contributed by atoms with Gasteiger partial charge >= 0.3 is 0 Å². The zero-order chi connectivity index (χ0) is 12.4. The van der Waals surface area contributed by atoms with Crippen molar-refractivity contribution in [1.82, 2.24) is 5.43 Å². The Hall–Kier alpha value is -0.970. The Morgan fingerprint density at radius 1 is 1.53 bits per heavy atom. The first kappa shape index (κ1) is 12.5. The number of halogens is 1. The smallest absolute Gasteiger partial charge is 0.126 e. The third-order valence-electron chi connectivity index (χ3n) is 3.58. The van der Waals surface area contributed by atoms with Crippen LogP contribution < -0.4 is 11.3 Å². The van der Waals surface area contributed by atoms with Crippen LogP contribution in [0.15, 0.2) is 18.2 Å². The van der Waals surface area contributed by atoms with Crippen LogP contribution in [0, 0.1) is 18.7 Å². The van der Waals surface area contributed by atoms with Gasteiger partial charge in [0, 0.05) is 12.5 Å². The predicted molar refractivity (Wildman–Crippen MR) is 64.7 cm³/mol. The van der Waals surface area contributed by atoms with Crippen LogP contribution in [0.5, 0.6) is 0 Å². The van der Waals surface area contributed by atoms with Crippen LogP contribution in [-0.4, -0.2) is 12.7 Å². The summed E-state index contributed by atoms with van der Waals surface area (Å²) in [5.41, 5.74) is 4.50. The van der Waals surface area contributed by atoms with Crippen LogP contribution in [0.25, 0.3) is 0 Å². The molecule has 0 bridgehead atoms. The molecule has 0 amide bonds. The molecule has 3 atom stereocenters. The van der Waals surface area contributed by atoms with E-state index in [1.807, 2.05) is 6.07 Å². The molecule has 17 heavy (non-hydrogen) atoms. The first-order valence-electron chi connectivity index (χ1n) is 5.97. The molecule has 1 fully saturated rings. The Morgan fingerprint density at radius 3 is 2.82 bits per heavy atom. The Bertz CT molecular complexity index is 397. The first-order chi connectivity index (χ1) is 8.13. The molecule has 0 aliphatic carbocycles. The molecule has 1 aliphatic rings. The van der Waals surface area contributed by atoms with Gasteiger partial charge in [0.15, 0.2) is 0 Å². The van der Waals surface area contributed by atoms with Gasteiger partial charge in [-0.25, -0.2) is 4.39 Å². The van der Waals surface area contributed by atoms with Gasteiger partial charge in [0.2, 0.25) is 0 Å². The van der Waals surface area contributed by atoms with Crippen molar-refractivity contribution in [2.24, 2.45) is 11.8 Å². The van der Waals surface area contributed by atoms with Crippen molar-refractivity contribution in [2.45, 2.75) is 32.4 Å². The monoisotopic (exact) mass is 238 g/mol. The summed E-state index contributed by atoms with van der Waals surface area (Å²) in [5.74, 6) is 5.79. The molecule has 3 N–H and O–H groups in total. The fourth-order valence-corrected chi connectivity index (χ4v) is 2.51. The number of rotatable bonds is 3. The molecule has 0 spiro atoms. The van der Waals surface area contributed by atoms with E-state index in [1.165, 1.54) is 6.07 Å². The number of hydrogen-bond acceptors (Lipinski definition) is 3. The fraction of sp³-hybridized carbons (Fsp3) is 0.538. The van der Waals surface area contributed by atoms with Crippen molar-refractivity contribution in [1.29, 1.82) is 0 Å². The molecule has 3 nitrogen and oxygen atoms in total. The lowest BCUT2D eigenvalue weighted by atomic mass is 9.88. The van der Waals surface area contributed by atoms with Gasteiger partial charge < -0.3 is 4.74 Å². The summed E-state index contributed by atoms with van der Waals surface area (Å²) in [6.45, 7) is 4.59. The molecule has 0 radical (unpaired) electrons. The fourth-order valence-electron chi connectivity index (χ4n) is 2.51. The van der Waals surface area contributed by atoms with Crippen molar-refractivity contribution in [3.63, 3.8) is 0 Å². The lowest BCUT2D eigenvalue weighted by molar-refractivity contribution is 0.0954. The number of benzene rings is 1. The van der Waals surface area contributed by atoms with E-state index >= 15 is 0 Å². The molecule has 0 saturated carbocycles. The number of hydrazine groups is 1. The summed E-state index contributed by atoms with van der Waals surface area (Å²) in [4.78, 5) is 0. The average Bonchev–Trinajstić information content (AvgIpc) is 2.71. The second kappa shape index (κ2) is 5.12. The lowest BCUT2D eigenvalue weighted by Gasteiger charge is -2.25. The Morgan fingerprint density at radius 2 is 2.29 bits per heavy atom. The van der Waals surface area contributed by atoms with Gasteiger partial charge in [0.25, 0.3) is 0 Å². The normalized spacial score (nSPS) is 26.1. The number of ether oxygens (including phenoxy) is 1. The highest BCUT2D eigenvalue weighted by Crippen LogP contribution is 2.33. The maximum Gasteiger partial charge on any atom is 0.126 e. The van der Waals surface area contributed by atoms with E-state index in [-0.39, 0.29) is 18.0 Å². The zero-order valence-corrected chi connectivity index (χ0v) is 10.2. The summed E-state index contributed by atoms with van der Waals surface area (Å²) in [7, 11) is 0. The molecule has 2 rings (SSSR count). The summed E-state index contributed by atoms with van der Waals surface area (Å²) in [5, 5.41) is 0. The van der Waals surface area contributed by atoms with Gasteiger partial charge in [-0.15, -0.1) is 0 Å². The summed E-state index contributed by atoms with van der Waals surface area (Å²) < 4.78 is 18.8. The Balaban J connectivity index is 2.25. The van der Waals surface area contributed by atoms with Gasteiger partial charge in [0.05, 0.1) is 12.1 Å². The lowest BCUT2D eigenvalue weighted by Crippen LogP contribution is -2.36.